The first kappa shape index (κ1) is 19.6. The van der Waals surface area contributed by atoms with Crippen LogP contribution >= 0.6 is 0 Å². The minimum absolute atomic E-state index is 0.0649. The Balaban J connectivity index is 2.36. The van der Waals surface area contributed by atoms with Gasteiger partial charge in [0.25, 0.3) is 0 Å². The molecule has 1 fully saturated rings. The number of aliphatic hydroxyl groups is 1. The van der Waals surface area contributed by atoms with Gasteiger partial charge in [-0.2, -0.15) is 0 Å². The van der Waals surface area contributed by atoms with E-state index >= 15 is 0 Å². The Hall–Kier alpha value is -1.42. The van der Waals surface area contributed by atoms with E-state index in [4.69, 9.17) is 4.74 Å². The van der Waals surface area contributed by atoms with Gasteiger partial charge in [-0.05, 0) is 47.0 Å². The highest BCUT2D eigenvalue weighted by Crippen LogP contribution is 2.33. The van der Waals surface area contributed by atoms with Crippen molar-refractivity contribution in [2.75, 3.05) is 0 Å². The summed E-state index contributed by atoms with van der Waals surface area (Å²) in [5, 5.41) is 10.0. The van der Waals surface area contributed by atoms with Crippen molar-refractivity contribution in [1.29, 1.82) is 0 Å². The van der Waals surface area contributed by atoms with E-state index < -0.39 is 6.10 Å². The number of hydrogen-bond acceptors (Lipinski definition) is 4. The third kappa shape index (κ3) is 7.12. The van der Waals surface area contributed by atoms with Gasteiger partial charge in [-0.3, -0.25) is 9.59 Å². The lowest BCUT2D eigenvalue weighted by molar-refractivity contribution is -0.147. The van der Waals surface area contributed by atoms with E-state index in [1.807, 2.05) is 45.9 Å². The third-order valence-corrected chi connectivity index (χ3v) is 3.93. The van der Waals surface area contributed by atoms with Gasteiger partial charge in [0.2, 0.25) is 0 Å². The molecule has 0 unspecified atom stereocenters. The first-order chi connectivity index (χ1) is 10.8. The van der Waals surface area contributed by atoms with Crippen molar-refractivity contribution in [3.8, 4) is 0 Å². The molecule has 0 bridgehead atoms. The van der Waals surface area contributed by atoms with Gasteiger partial charge in [0.1, 0.15) is 5.78 Å². The van der Waals surface area contributed by atoms with Crippen LogP contribution in [0.25, 0.3) is 0 Å². The molecule has 4 nitrogen and oxygen atoms in total. The van der Waals surface area contributed by atoms with Crippen LogP contribution in [0.5, 0.6) is 0 Å². The summed E-state index contributed by atoms with van der Waals surface area (Å²) < 4.78 is 5.07. The monoisotopic (exact) mass is 322 g/mol. The van der Waals surface area contributed by atoms with Gasteiger partial charge in [-0.25, -0.2) is 0 Å². The number of rotatable bonds is 8. The number of unbranched alkanes of at least 4 members (excludes halogenated alkanes) is 1. The van der Waals surface area contributed by atoms with Crippen molar-refractivity contribution in [3.63, 3.8) is 0 Å². The zero-order valence-corrected chi connectivity index (χ0v) is 14.7. The number of esters is 1. The highest BCUT2D eigenvalue weighted by atomic mass is 16.5. The molecule has 1 aliphatic rings. The van der Waals surface area contributed by atoms with Gasteiger partial charge in [0, 0.05) is 24.7 Å². The van der Waals surface area contributed by atoms with Gasteiger partial charge in [0.15, 0.2) is 0 Å². The molecule has 0 heterocycles. The third-order valence-electron chi connectivity index (χ3n) is 3.93. The molecule has 23 heavy (non-hydrogen) atoms. The zero-order chi connectivity index (χ0) is 17.4. The first-order valence-electron chi connectivity index (χ1n) is 8.51. The Morgan fingerprint density at radius 2 is 2.04 bits per heavy atom. The topological polar surface area (TPSA) is 63.6 Å². The van der Waals surface area contributed by atoms with E-state index in [9.17, 15) is 14.7 Å². The highest BCUT2D eigenvalue weighted by Gasteiger charge is 2.39. The number of ketones is 1. The van der Waals surface area contributed by atoms with Crippen molar-refractivity contribution in [2.24, 2.45) is 11.8 Å². The number of carbonyl (C=O) groups is 2. The summed E-state index contributed by atoms with van der Waals surface area (Å²) in [5.74, 6) is -0.212. The lowest BCUT2D eigenvalue weighted by atomic mass is 9.89. The zero-order valence-electron chi connectivity index (χ0n) is 14.7. The smallest absolute Gasteiger partial charge is 0.306 e. The van der Waals surface area contributed by atoms with Crippen LogP contribution in [-0.2, 0) is 14.3 Å². The molecule has 0 aliphatic heterocycles. The van der Waals surface area contributed by atoms with Crippen LogP contribution < -0.4 is 0 Å². The fourth-order valence-electron chi connectivity index (χ4n) is 2.92. The van der Waals surface area contributed by atoms with E-state index in [1.165, 1.54) is 0 Å². The molecular formula is C19H30O4. The number of carbonyl (C=O) groups excluding carboxylic acids is 2. The quantitative estimate of drug-likeness (QED) is 0.421. The normalized spacial score (nSPS) is 24.4. The Morgan fingerprint density at radius 1 is 1.35 bits per heavy atom. The second-order valence-corrected chi connectivity index (χ2v) is 6.80. The second kappa shape index (κ2) is 9.66. The van der Waals surface area contributed by atoms with Crippen molar-refractivity contribution in [1.82, 2.24) is 0 Å². The van der Waals surface area contributed by atoms with Crippen LogP contribution in [0, 0.1) is 11.8 Å². The standard InChI is InChI=1S/C19H30O4/c1-13(2)11-16-15(17(20)12-18(16)21)9-7-5-6-8-10-19(22)23-14(3)4/h5,7,11,14-16,18,21H,6,8-10,12H2,1-4H3/b7-5-/t15-,16-,18-/m1/s1. The number of allylic oxidation sites excluding steroid dienone is 3. The molecule has 1 N–H and O–H groups in total. The van der Waals surface area contributed by atoms with Gasteiger partial charge in [-0.15, -0.1) is 0 Å². The molecule has 0 aromatic carbocycles. The molecule has 3 atom stereocenters. The minimum Gasteiger partial charge on any atom is -0.463 e. The van der Waals surface area contributed by atoms with Crippen LogP contribution in [0.2, 0.25) is 0 Å². The summed E-state index contributed by atoms with van der Waals surface area (Å²) in [6, 6.07) is 0. The SMILES string of the molecule is CC(C)=C[C@H]1[C@H](O)CC(=O)[C@@H]1C/C=C\CCCC(=O)OC(C)C. The summed E-state index contributed by atoms with van der Waals surface area (Å²) in [7, 11) is 0. The van der Waals surface area contributed by atoms with E-state index in [0.29, 0.717) is 12.8 Å². The number of ether oxygens (including phenoxy) is 1. The molecule has 4 heteroatoms. The summed E-state index contributed by atoms with van der Waals surface area (Å²) in [5.41, 5.74) is 1.13. The average Bonchev–Trinajstić information content (AvgIpc) is 2.67. The Labute approximate surface area is 139 Å². The maximum atomic E-state index is 12.0. The van der Waals surface area contributed by atoms with E-state index in [-0.39, 0.29) is 36.1 Å². The van der Waals surface area contributed by atoms with Crippen LogP contribution in [0.3, 0.4) is 0 Å². The predicted molar refractivity (Wildman–Crippen MR) is 90.9 cm³/mol. The molecule has 0 spiro atoms. The number of Topliss-reactive ketones (excluding diaryl/α,β-unsaturated/α-hetero) is 1. The Bertz CT molecular complexity index is 458. The summed E-state index contributed by atoms with van der Waals surface area (Å²) in [6.45, 7) is 7.65. The lowest BCUT2D eigenvalue weighted by Crippen LogP contribution is -2.18. The van der Waals surface area contributed by atoms with Gasteiger partial charge < -0.3 is 9.84 Å². The largest absolute Gasteiger partial charge is 0.463 e. The Morgan fingerprint density at radius 3 is 2.65 bits per heavy atom. The van der Waals surface area contributed by atoms with E-state index in [0.717, 1.165) is 18.4 Å². The summed E-state index contributed by atoms with van der Waals surface area (Å²) in [6.07, 6.45) is 8.28. The molecule has 1 rings (SSSR count). The highest BCUT2D eigenvalue weighted by molar-refractivity contribution is 5.84. The number of aliphatic hydroxyl groups excluding tert-OH is 1. The molecule has 0 amide bonds. The van der Waals surface area contributed by atoms with Crippen molar-refractivity contribution < 1.29 is 19.4 Å². The van der Waals surface area contributed by atoms with E-state index in [2.05, 4.69) is 0 Å². The fourth-order valence-corrected chi connectivity index (χ4v) is 2.92. The molecule has 1 saturated carbocycles. The molecule has 0 aromatic rings. The molecule has 0 saturated heterocycles. The van der Waals surface area contributed by atoms with E-state index in [1.54, 1.807) is 0 Å². The second-order valence-electron chi connectivity index (χ2n) is 6.80. The van der Waals surface area contributed by atoms with Crippen molar-refractivity contribution in [2.45, 2.75) is 72.0 Å². The van der Waals surface area contributed by atoms with Crippen LogP contribution in [-0.4, -0.2) is 29.1 Å². The van der Waals surface area contributed by atoms with Crippen molar-refractivity contribution in [3.05, 3.63) is 23.8 Å². The van der Waals surface area contributed by atoms with Crippen LogP contribution in [0.1, 0.15) is 59.8 Å². The maximum Gasteiger partial charge on any atom is 0.306 e. The van der Waals surface area contributed by atoms with Crippen LogP contribution in [0.15, 0.2) is 23.8 Å². The maximum absolute atomic E-state index is 12.0. The number of hydrogen-bond donors (Lipinski definition) is 1. The molecule has 130 valence electrons. The predicted octanol–water partition coefficient (Wildman–Crippen LogP) is 3.59. The average molecular weight is 322 g/mol. The minimum atomic E-state index is -0.554. The van der Waals surface area contributed by atoms with Gasteiger partial charge >= 0.3 is 5.97 Å². The molecular weight excluding hydrogens is 292 g/mol. The Kier molecular flexibility index (Phi) is 8.24. The lowest BCUT2D eigenvalue weighted by Gasteiger charge is -2.16. The van der Waals surface area contributed by atoms with Crippen molar-refractivity contribution >= 4 is 11.8 Å². The first-order valence-corrected chi connectivity index (χ1v) is 8.51. The molecule has 1 aliphatic carbocycles. The molecule has 0 aromatic heterocycles. The van der Waals surface area contributed by atoms with Gasteiger partial charge in [-0.1, -0.05) is 23.8 Å². The van der Waals surface area contributed by atoms with Crippen LogP contribution in [0.4, 0.5) is 0 Å². The van der Waals surface area contributed by atoms with Gasteiger partial charge in [0.05, 0.1) is 12.2 Å². The summed E-state index contributed by atoms with van der Waals surface area (Å²) >= 11 is 0. The molecule has 0 radical (unpaired) electrons. The summed E-state index contributed by atoms with van der Waals surface area (Å²) in [4.78, 5) is 23.4. The fraction of sp³-hybridized carbons (Fsp3) is 0.684.